The zero-order chi connectivity index (χ0) is 8.72. The highest BCUT2D eigenvalue weighted by Gasteiger charge is 2.00. The minimum absolute atomic E-state index is 0.811. The first kappa shape index (κ1) is 7.41. The van der Waals surface area contributed by atoms with Gasteiger partial charge >= 0.3 is 0 Å². The molecule has 0 spiro atoms. The van der Waals surface area contributed by atoms with E-state index in [1.54, 1.807) is 0 Å². The standard InChI is InChI=1S/C9H9BN2/c1-5-3-8-9(4-7(5)10)12-6(2)11-8/h3-4H,1-2H3,(H,11,12). The zero-order valence-corrected chi connectivity index (χ0v) is 7.18. The number of nitrogens with zero attached hydrogens (tertiary/aromatic N) is 1. The second-order valence-electron chi connectivity index (χ2n) is 3.05. The topological polar surface area (TPSA) is 28.7 Å². The third-order valence-corrected chi connectivity index (χ3v) is 1.99. The molecule has 0 aliphatic rings. The number of aromatic nitrogens is 2. The van der Waals surface area contributed by atoms with Gasteiger partial charge in [0.2, 0.25) is 0 Å². The van der Waals surface area contributed by atoms with Crippen molar-refractivity contribution in [1.29, 1.82) is 0 Å². The van der Waals surface area contributed by atoms with Crippen LogP contribution >= 0.6 is 0 Å². The number of aromatic amines is 1. The van der Waals surface area contributed by atoms with Crippen LogP contribution in [0.15, 0.2) is 12.1 Å². The van der Waals surface area contributed by atoms with Crippen LogP contribution in [0.25, 0.3) is 11.0 Å². The summed E-state index contributed by atoms with van der Waals surface area (Å²) in [6.07, 6.45) is 0. The quantitative estimate of drug-likeness (QED) is 0.565. The van der Waals surface area contributed by atoms with Crippen LogP contribution in [0.3, 0.4) is 0 Å². The predicted octanol–water partition coefficient (Wildman–Crippen LogP) is 0.974. The first-order valence-corrected chi connectivity index (χ1v) is 3.89. The average Bonchev–Trinajstić information content (AvgIpc) is 2.30. The predicted molar refractivity (Wildman–Crippen MR) is 51.0 cm³/mol. The third-order valence-electron chi connectivity index (χ3n) is 1.99. The van der Waals surface area contributed by atoms with E-state index in [2.05, 4.69) is 9.97 Å². The van der Waals surface area contributed by atoms with E-state index in [1.165, 1.54) is 0 Å². The van der Waals surface area contributed by atoms with Crippen molar-refractivity contribution in [1.82, 2.24) is 9.97 Å². The minimum atomic E-state index is 0.811. The van der Waals surface area contributed by atoms with E-state index in [1.807, 2.05) is 26.0 Å². The number of aryl methyl sites for hydroxylation is 2. The normalized spacial score (nSPS) is 10.8. The van der Waals surface area contributed by atoms with Crippen LogP contribution in [-0.2, 0) is 0 Å². The van der Waals surface area contributed by atoms with Crippen LogP contribution < -0.4 is 5.46 Å². The molecule has 2 rings (SSSR count). The molecule has 2 radical (unpaired) electrons. The van der Waals surface area contributed by atoms with Crippen molar-refractivity contribution in [3.8, 4) is 0 Å². The summed E-state index contributed by atoms with van der Waals surface area (Å²) in [5.41, 5.74) is 3.88. The molecule has 0 bridgehead atoms. The van der Waals surface area contributed by atoms with Crippen molar-refractivity contribution in [2.75, 3.05) is 0 Å². The van der Waals surface area contributed by atoms with Crippen LogP contribution in [0.5, 0.6) is 0 Å². The summed E-state index contributed by atoms with van der Waals surface area (Å²) in [7, 11) is 5.75. The molecular formula is C9H9BN2. The van der Waals surface area contributed by atoms with Gasteiger partial charge in [-0.2, -0.15) is 0 Å². The van der Waals surface area contributed by atoms with Crippen LogP contribution in [0.4, 0.5) is 0 Å². The lowest BCUT2D eigenvalue weighted by atomic mass is 9.91. The van der Waals surface area contributed by atoms with Gasteiger partial charge in [-0.1, -0.05) is 11.0 Å². The Balaban J connectivity index is 2.83. The number of rotatable bonds is 0. The molecule has 58 valence electrons. The Morgan fingerprint density at radius 1 is 1.33 bits per heavy atom. The van der Waals surface area contributed by atoms with E-state index in [9.17, 15) is 0 Å². The number of H-pyrrole nitrogens is 1. The molecule has 0 amide bonds. The molecule has 0 aliphatic heterocycles. The monoisotopic (exact) mass is 156 g/mol. The molecule has 0 aliphatic carbocycles. The first-order chi connectivity index (χ1) is 5.66. The molecule has 1 aromatic carbocycles. The van der Waals surface area contributed by atoms with Gasteiger partial charge in [-0.25, -0.2) is 4.98 Å². The van der Waals surface area contributed by atoms with Gasteiger partial charge < -0.3 is 4.98 Å². The number of benzene rings is 1. The largest absolute Gasteiger partial charge is 0.342 e. The molecule has 0 unspecified atom stereocenters. The molecule has 1 heterocycles. The Hall–Kier alpha value is -1.25. The van der Waals surface area contributed by atoms with E-state index >= 15 is 0 Å². The molecule has 0 saturated heterocycles. The Bertz CT molecular complexity index is 392. The molecule has 12 heavy (non-hydrogen) atoms. The first-order valence-electron chi connectivity index (χ1n) is 3.89. The lowest BCUT2D eigenvalue weighted by Gasteiger charge is -1.97. The Labute approximate surface area is 72.4 Å². The third kappa shape index (κ3) is 1.02. The van der Waals surface area contributed by atoms with Crippen LogP contribution in [-0.4, -0.2) is 17.8 Å². The molecule has 0 atom stereocenters. The second kappa shape index (κ2) is 2.37. The maximum absolute atomic E-state index is 5.75. The van der Waals surface area contributed by atoms with E-state index in [0.29, 0.717) is 0 Å². The van der Waals surface area contributed by atoms with E-state index in [4.69, 9.17) is 7.85 Å². The van der Waals surface area contributed by atoms with E-state index in [-0.39, 0.29) is 0 Å². The summed E-state index contributed by atoms with van der Waals surface area (Å²) >= 11 is 0. The summed E-state index contributed by atoms with van der Waals surface area (Å²) in [4.78, 5) is 7.44. The van der Waals surface area contributed by atoms with Gasteiger partial charge in [0.05, 0.1) is 11.0 Å². The molecule has 0 saturated carbocycles. The van der Waals surface area contributed by atoms with E-state index < -0.39 is 0 Å². The number of imidazole rings is 1. The van der Waals surface area contributed by atoms with Crippen molar-refractivity contribution in [3.05, 3.63) is 23.5 Å². The van der Waals surface area contributed by atoms with Gasteiger partial charge in [0.1, 0.15) is 13.7 Å². The van der Waals surface area contributed by atoms with Gasteiger partial charge in [0.25, 0.3) is 0 Å². The second-order valence-corrected chi connectivity index (χ2v) is 3.05. The van der Waals surface area contributed by atoms with Crippen molar-refractivity contribution >= 4 is 24.3 Å². The number of hydrogen-bond donors (Lipinski definition) is 1. The molecule has 3 heteroatoms. The Morgan fingerprint density at radius 2 is 2.08 bits per heavy atom. The molecular weight excluding hydrogens is 147 g/mol. The summed E-state index contributed by atoms with van der Waals surface area (Å²) in [5.74, 6) is 0.926. The highest BCUT2D eigenvalue weighted by Crippen LogP contribution is 2.10. The fourth-order valence-corrected chi connectivity index (χ4v) is 1.31. The fraction of sp³-hybridized carbons (Fsp3) is 0.222. The number of fused-ring (bicyclic) bond motifs is 1. The zero-order valence-electron chi connectivity index (χ0n) is 7.18. The Morgan fingerprint density at radius 3 is 2.83 bits per heavy atom. The van der Waals surface area contributed by atoms with Crippen LogP contribution in [0.2, 0.25) is 0 Å². The van der Waals surface area contributed by atoms with Gasteiger partial charge in [-0.3, -0.25) is 0 Å². The van der Waals surface area contributed by atoms with Crippen molar-refractivity contribution in [2.24, 2.45) is 0 Å². The van der Waals surface area contributed by atoms with Crippen LogP contribution in [0.1, 0.15) is 11.4 Å². The fourth-order valence-electron chi connectivity index (χ4n) is 1.31. The van der Waals surface area contributed by atoms with Crippen molar-refractivity contribution in [2.45, 2.75) is 13.8 Å². The number of hydrogen-bond acceptors (Lipinski definition) is 1. The molecule has 1 aromatic heterocycles. The Kier molecular flexibility index (Phi) is 1.46. The highest BCUT2D eigenvalue weighted by atomic mass is 14.9. The van der Waals surface area contributed by atoms with Gasteiger partial charge in [0, 0.05) is 0 Å². The molecule has 0 fully saturated rings. The maximum atomic E-state index is 5.75. The van der Waals surface area contributed by atoms with Crippen LogP contribution in [0, 0.1) is 13.8 Å². The summed E-state index contributed by atoms with van der Waals surface area (Å²) in [5, 5.41) is 0. The number of nitrogens with one attached hydrogen (secondary N) is 1. The van der Waals surface area contributed by atoms with Gasteiger partial charge in [-0.05, 0) is 26.0 Å². The SMILES string of the molecule is [B]c1cc2[nH]c(C)nc2cc1C. The summed E-state index contributed by atoms with van der Waals surface area (Å²) < 4.78 is 0. The van der Waals surface area contributed by atoms with Crippen molar-refractivity contribution < 1.29 is 0 Å². The molecule has 2 nitrogen and oxygen atoms in total. The highest BCUT2D eigenvalue weighted by molar-refractivity contribution is 6.34. The maximum Gasteiger partial charge on any atom is 0.114 e. The smallest absolute Gasteiger partial charge is 0.114 e. The lowest BCUT2D eigenvalue weighted by molar-refractivity contribution is 1.17. The molecule has 2 aromatic rings. The summed E-state index contributed by atoms with van der Waals surface area (Å²) in [6.45, 7) is 3.92. The molecule has 1 N–H and O–H groups in total. The van der Waals surface area contributed by atoms with E-state index in [0.717, 1.165) is 27.9 Å². The average molecular weight is 156 g/mol. The summed E-state index contributed by atoms with van der Waals surface area (Å²) in [6, 6.07) is 3.92. The van der Waals surface area contributed by atoms with Gasteiger partial charge in [0.15, 0.2) is 0 Å². The minimum Gasteiger partial charge on any atom is -0.342 e. The lowest BCUT2D eigenvalue weighted by Crippen LogP contribution is -2.05. The van der Waals surface area contributed by atoms with Gasteiger partial charge in [-0.15, -0.1) is 0 Å². The van der Waals surface area contributed by atoms with Crippen molar-refractivity contribution in [3.63, 3.8) is 0 Å².